The number of aromatic nitrogens is 2. The Morgan fingerprint density at radius 2 is 2.28 bits per heavy atom. The Kier molecular flexibility index (Phi) is 2.78. The van der Waals surface area contributed by atoms with Gasteiger partial charge in [0, 0.05) is 29.4 Å². The van der Waals surface area contributed by atoms with Crippen molar-refractivity contribution in [2.24, 2.45) is 0 Å². The number of hydrogen-bond donors (Lipinski definition) is 2. The Labute approximate surface area is 105 Å². The summed E-state index contributed by atoms with van der Waals surface area (Å²) < 4.78 is 13.1. The summed E-state index contributed by atoms with van der Waals surface area (Å²) in [4.78, 5) is 6.93. The molecule has 4 heteroatoms. The molecule has 18 heavy (non-hydrogen) atoms. The predicted molar refractivity (Wildman–Crippen MR) is 70.5 cm³/mol. The van der Waals surface area contributed by atoms with Crippen molar-refractivity contribution in [2.75, 3.05) is 6.54 Å². The van der Waals surface area contributed by atoms with Crippen molar-refractivity contribution >= 4 is 16.6 Å². The predicted octanol–water partition coefficient (Wildman–Crippen LogP) is 3.21. The van der Waals surface area contributed by atoms with Gasteiger partial charge in [0.2, 0.25) is 5.95 Å². The molecule has 0 atom stereocenters. The fraction of sp³-hybridized carbons (Fsp3) is 0.357. The van der Waals surface area contributed by atoms with Gasteiger partial charge in [-0.1, -0.05) is 0 Å². The van der Waals surface area contributed by atoms with E-state index in [0.29, 0.717) is 5.65 Å². The molecule has 2 N–H and O–H groups in total. The summed E-state index contributed by atoms with van der Waals surface area (Å²) >= 11 is 0. The molecule has 0 fully saturated rings. The molecule has 0 radical (unpaired) electrons. The van der Waals surface area contributed by atoms with Gasteiger partial charge >= 0.3 is 0 Å². The summed E-state index contributed by atoms with van der Waals surface area (Å²) in [6.07, 6.45) is 5.30. The lowest BCUT2D eigenvalue weighted by Crippen LogP contribution is -2.11. The molecule has 0 unspecified atom stereocenters. The fourth-order valence-electron chi connectivity index (χ4n) is 2.68. The van der Waals surface area contributed by atoms with Gasteiger partial charge in [-0.25, -0.2) is 4.98 Å². The van der Waals surface area contributed by atoms with E-state index in [0.717, 1.165) is 30.3 Å². The van der Waals surface area contributed by atoms with Crippen molar-refractivity contribution in [3.63, 3.8) is 0 Å². The third-order valence-electron chi connectivity index (χ3n) is 3.44. The topological polar surface area (TPSA) is 40.7 Å². The van der Waals surface area contributed by atoms with E-state index in [9.17, 15) is 4.39 Å². The van der Waals surface area contributed by atoms with Gasteiger partial charge in [0.1, 0.15) is 5.65 Å². The fourth-order valence-corrected chi connectivity index (χ4v) is 2.68. The van der Waals surface area contributed by atoms with E-state index in [2.05, 4.69) is 22.2 Å². The van der Waals surface area contributed by atoms with E-state index < -0.39 is 5.95 Å². The molecule has 3 nitrogen and oxygen atoms in total. The second-order valence-electron chi connectivity index (χ2n) is 4.57. The van der Waals surface area contributed by atoms with Crippen LogP contribution in [-0.2, 0) is 0 Å². The van der Waals surface area contributed by atoms with Gasteiger partial charge in [0.25, 0.3) is 0 Å². The van der Waals surface area contributed by atoms with Crippen LogP contribution < -0.4 is 5.32 Å². The van der Waals surface area contributed by atoms with Crippen molar-refractivity contribution in [3.05, 3.63) is 35.5 Å². The van der Waals surface area contributed by atoms with Crippen LogP contribution in [0.1, 0.15) is 31.7 Å². The van der Waals surface area contributed by atoms with E-state index in [4.69, 9.17) is 0 Å². The van der Waals surface area contributed by atoms with Gasteiger partial charge < -0.3 is 10.3 Å². The molecule has 0 amide bonds. The van der Waals surface area contributed by atoms with Crippen LogP contribution in [0.25, 0.3) is 16.6 Å². The smallest absolute Gasteiger partial charge is 0.214 e. The Balaban J connectivity index is 2.11. The number of allylic oxidation sites excluding steroid dienone is 2. The molecule has 0 aliphatic heterocycles. The molecule has 94 valence electrons. The molecule has 1 aliphatic carbocycles. The summed E-state index contributed by atoms with van der Waals surface area (Å²) in [5.74, 6) is -0.441. The van der Waals surface area contributed by atoms with Gasteiger partial charge in [0.15, 0.2) is 0 Å². The minimum absolute atomic E-state index is 0.441. The van der Waals surface area contributed by atoms with Gasteiger partial charge in [-0.2, -0.15) is 4.39 Å². The van der Waals surface area contributed by atoms with Crippen LogP contribution in [0, 0.1) is 5.95 Å². The van der Waals surface area contributed by atoms with Gasteiger partial charge in [0.05, 0.1) is 0 Å². The van der Waals surface area contributed by atoms with Crippen molar-refractivity contribution < 1.29 is 4.39 Å². The first kappa shape index (κ1) is 11.3. The third-order valence-corrected chi connectivity index (χ3v) is 3.44. The summed E-state index contributed by atoms with van der Waals surface area (Å²) in [5.41, 5.74) is 4.45. The van der Waals surface area contributed by atoms with E-state index in [-0.39, 0.29) is 0 Å². The Bertz CT molecular complexity index is 613. The highest BCUT2D eigenvalue weighted by molar-refractivity contribution is 5.91. The summed E-state index contributed by atoms with van der Waals surface area (Å²) in [7, 11) is 0. The van der Waals surface area contributed by atoms with Crippen LogP contribution in [0.3, 0.4) is 0 Å². The van der Waals surface area contributed by atoms with Crippen LogP contribution >= 0.6 is 0 Å². The number of nitrogens with zero attached hydrogens (tertiary/aromatic N) is 1. The van der Waals surface area contributed by atoms with Crippen molar-refractivity contribution in [3.8, 4) is 0 Å². The Morgan fingerprint density at radius 1 is 1.39 bits per heavy atom. The molecule has 2 heterocycles. The molecule has 0 saturated heterocycles. The number of aromatic amines is 1. The Hall–Kier alpha value is -1.84. The van der Waals surface area contributed by atoms with E-state index >= 15 is 0 Å². The number of pyridine rings is 1. The van der Waals surface area contributed by atoms with Crippen LogP contribution in [0.15, 0.2) is 24.0 Å². The van der Waals surface area contributed by atoms with Crippen LogP contribution in [0.2, 0.25) is 0 Å². The molecule has 2 aromatic rings. The van der Waals surface area contributed by atoms with E-state index in [1.165, 1.54) is 23.8 Å². The van der Waals surface area contributed by atoms with E-state index in [1.54, 1.807) is 6.07 Å². The second-order valence-corrected chi connectivity index (χ2v) is 4.57. The van der Waals surface area contributed by atoms with Crippen LogP contribution in [0.4, 0.5) is 4.39 Å². The molecule has 1 aliphatic rings. The Morgan fingerprint density at radius 3 is 3.11 bits per heavy atom. The third kappa shape index (κ3) is 1.78. The number of hydrogen-bond acceptors (Lipinski definition) is 2. The lowest BCUT2D eigenvalue weighted by atomic mass is 10.0. The van der Waals surface area contributed by atoms with Crippen molar-refractivity contribution in [1.82, 2.24) is 15.3 Å². The molecular weight excluding hydrogens is 229 g/mol. The van der Waals surface area contributed by atoms with Crippen LogP contribution in [0.5, 0.6) is 0 Å². The summed E-state index contributed by atoms with van der Waals surface area (Å²) in [6.45, 7) is 3.04. The van der Waals surface area contributed by atoms with Crippen molar-refractivity contribution in [2.45, 2.75) is 26.2 Å². The van der Waals surface area contributed by atoms with Gasteiger partial charge in [-0.3, -0.25) is 0 Å². The molecule has 0 spiro atoms. The number of H-pyrrole nitrogens is 1. The number of fused-ring (bicyclic) bond motifs is 1. The lowest BCUT2D eigenvalue weighted by Gasteiger charge is -2.07. The average Bonchev–Trinajstić information content (AvgIpc) is 2.95. The molecule has 3 rings (SSSR count). The zero-order valence-corrected chi connectivity index (χ0v) is 10.4. The zero-order valence-electron chi connectivity index (χ0n) is 10.4. The summed E-state index contributed by atoms with van der Waals surface area (Å²) in [5, 5.41) is 4.43. The zero-order chi connectivity index (χ0) is 12.5. The summed E-state index contributed by atoms with van der Waals surface area (Å²) in [6, 6.07) is 3.22. The largest absolute Gasteiger partial charge is 0.388 e. The highest BCUT2D eigenvalue weighted by atomic mass is 19.1. The van der Waals surface area contributed by atoms with Gasteiger partial charge in [-0.15, -0.1) is 0 Å². The molecule has 0 saturated carbocycles. The highest BCUT2D eigenvalue weighted by Gasteiger charge is 2.18. The maximum atomic E-state index is 13.1. The van der Waals surface area contributed by atoms with E-state index in [1.807, 2.05) is 6.20 Å². The number of nitrogens with one attached hydrogen (secondary N) is 2. The minimum Gasteiger partial charge on any atom is -0.388 e. The maximum absolute atomic E-state index is 13.1. The molecule has 0 bridgehead atoms. The molecular formula is C14H16FN3. The lowest BCUT2D eigenvalue weighted by molar-refractivity contribution is 0.588. The van der Waals surface area contributed by atoms with Crippen LogP contribution in [-0.4, -0.2) is 16.5 Å². The van der Waals surface area contributed by atoms with Gasteiger partial charge in [-0.05, 0) is 43.9 Å². The monoisotopic (exact) mass is 245 g/mol. The quantitative estimate of drug-likeness (QED) is 0.815. The first-order valence-corrected chi connectivity index (χ1v) is 6.39. The minimum atomic E-state index is -0.441. The number of rotatable bonds is 3. The SMILES string of the molecule is CCNC1=C(c2c[nH]c3nc(F)ccc23)CCC1. The number of halogens is 1. The average molecular weight is 245 g/mol. The highest BCUT2D eigenvalue weighted by Crippen LogP contribution is 2.35. The first-order valence-electron chi connectivity index (χ1n) is 6.39. The first-order chi connectivity index (χ1) is 8.79. The normalized spacial score (nSPS) is 15.7. The standard InChI is InChI=1S/C14H16FN3/c1-2-16-12-5-3-4-9(12)11-8-17-14-10(11)6-7-13(15)18-14/h6-8,16H,2-5H2,1H3,(H,17,18). The van der Waals surface area contributed by atoms with Crippen molar-refractivity contribution in [1.29, 1.82) is 0 Å². The second kappa shape index (κ2) is 4.44. The molecule has 0 aromatic carbocycles. The maximum Gasteiger partial charge on any atom is 0.214 e. The molecule has 2 aromatic heterocycles.